The van der Waals surface area contributed by atoms with Crippen molar-refractivity contribution in [1.82, 2.24) is 0 Å². The number of rotatable bonds is 2. The predicted octanol–water partition coefficient (Wildman–Crippen LogP) is 6.00. The van der Waals surface area contributed by atoms with Crippen molar-refractivity contribution in [3.63, 3.8) is 0 Å². The molecule has 0 spiro atoms. The Hall–Kier alpha value is -0.520. The first-order chi connectivity index (χ1) is 7.92. The van der Waals surface area contributed by atoms with Gasteiger partial charge in [0.25, 0.3) is 0 Å². The quantitative estimate of drug-likeness (QED) is 0.562. The highest BCUT2D eigenvalue weighted by Gasteiger charge is 2.30. The van der Waals surface area contributed by atoms with E-state index in [4.69, 9.17) is 0 Å². The third-order valence-electron chi connectivity index (χ3n) is 3.97. The van der Waals surface area contributed by atoms with Crippen LogP contribution in [0, 0.1) is 22.2 Å². The third-order valence-corrected chi connectivity index (χ3v) is 3.97. The lowest BCUT2D eigenvalue weighted by molar-refractivity contribution is 0.247. The molecule has 0 aromatic rings. The van der Waals surface area contributed by atoms with Crippen molar-refractivity contribution in [3.05, 3.63) is 23.8 Å². The second-order valence-corrected chi connectivity index (χ2v) is 8.85. The zero-order valence-electron chi connectivity index (χ0n) is 13.7. The summed E-state index contributed by atoms with van der Waals surface area (Å²) in [7, 11) is 0. The van der Waals surface area contributed by atoms with Crippen LogP contribution in [0.25, 0.3) is 0 Å². The molecule has 0 saturated heterocycles. The molecule has 104 valence electrons. The van der Waals surface area contributed by atoms with E-state index in [1.54, 1.807) is 0 Å². The van der Waals surface area contributed by atoms with Gasteiger partial charge in [-0.1, -0.05) is 73.6 Å². The van der Waals surface area contributed by atoms with Crippen molar-refractivity contribution in [2.24, 2.45) is 22.2 Å². The second kappa shape index (κ2) is 4.87. The van der Waals surface area contributed by atoms with Gasteiger partial charge in [0.05, 0.1) is 0 Å². The van der Waals surface area contributed by atoms with Crippen LogP contribution in [-0.4, -0.2) is 0 Å². The van der Waals surface area contributed by atoms with E-state index < -0.39 is 0 Å². The average Bonchev–Trinajstić information content (AvgIpc) is 2.13. The Morgan fingerprint density at radius 3 is 1.89 bits per heavy atom. The molecule has 0 N–H and O–H groups in total. The maximum absolute atomic E-state index is 2.47. The topological polar surface area (TPSA) is 0 Å². The van der Waals surface area contributed by atoms with Crippen LogP contribution in [0.5, 0.6) is 0 Å². The van der Waals surface area contributed by atoms with Gasteiger partial charge < -0.3 is 0 Å². The molecule has 0 fully saturated rings. The van der Waals surface area contributed by atoms with Gasteiger partial charge in [-0.3, -0.25) is 0 Å². The summed E-state index contributed by atoms with van der Waals surface area (Å²) < 4.78 is 0. The van der Waals surface area contributed by atoms with Gasteiger partial charge >= 0.3 is 0 Å². The first-order valence-corrected chi connectivity index (χ1v) is 7.31. The normalized spacial score (nSPS) is 22.0. The van der Waals surface area contributed by atoms with E-state index in [2.05, 4.69) is 73.6 Å². The van der Waals surface area contributed by atoms with Crippen LogP contribution >= 0.6 is 0 Å². The standard InChI is InChI=1S/C18H32/c1-16(2,3)13-18(7,8)15-11-9-14(10-12-15)17(4,5)6/h9,11-12,14H,10,13H2,1-8H3. The highest BCUT2D eigenvalue weighted by atomic mass is 14.4. The van der Waals surface area contributed by atoms with Crippen LogP contribution in [0.15, 0.2) is 23.8 Å². The Kier molecular flexibility index (Phi) is 4.20. The zero-order chi connectivity index (χ0) is 14.2. The molecule has 0 aliphatic heterocycles. The van der Waals surface area contributed by atoms with Crippen LogP contribution in [0.3, 0.4) is 0 Å². The molecule has 1 unspecified atom stereocenters. The third kappa shape index (κ3) is 4.30. The van der Waals surface area contributed by atoms with Gasteiger partial charge in [-0.25, -0.2) is 0 Å². The lowest BCUT2D eigenvalue weighted by atomic mass is 9.68. The van der Waals surface area contributed by atoms with E-state index in [0.29, 0.717) is 16.7 Å². The number of hydrogen-bond donors (Lipinski definition) is 0. The number of allylic oxidation sites excluding steroid dienone is 4. The van der Waals surface area contributed by atoms with E-state index in [9.17, 15) is 0 Å². The summed E-state index contributed by atoms with van der Waals surface area (Å²) in [5.74, 6) is 0.687. The Morgan fingerprint density at radius 2 is 1.56 bits per heavy atom. The van der Waals surface area contributed by atoms with E-state index in [1.165, 1.54) is 18.4 Å². The summed E-state index contributed by atoms with van der Waals surface area (Å²) in [6.45, 7) is 18.8. The highest BCUT2D eigenvalue weighted by Crippen LogP contribution is 2.43. The Bertz CT molecular complexity index is 339. The molecule has 1 aliphatic carbocycles. The van der Waals surface area contributed by atoms with Crippen molar-refractivity contribution in [1.29, 1.82) is 0 Å². The van der Waals surface area contributed by atoms with E-state index in [1.807, 2.05) is 0 Å². The minimum absolute atomic E-state index is 0.289. The summed E-state index contributed by atoms with van der Waals surface area (Å²) in [5, 5.41) is 0. The zero-order valence-corrected chi connectivity index (χ0v) is 13.7. The molecule has 1 rings (SSSR count). The van der Waals surface area contributed by atoms with Gasteiger partial charge in [-0.2, -0.15) is 0 Å². The predicted molar refractivity (Wildman–Crippen MR) is 82.6 cm³/mol. The van der Waals surface area contributed by atoms with Crippen LogP contribution < -0.4 is 0 Å². The molecule has 0 radical (unpaired) electrons. The second-order valence-electron chi connectivity index (χ2n) is 8.85. The summed E-state index contributed by atoms with van der Waals surface area (Å²) in [4.78, 5) is 0. The molecular formula is C18H32. The summed E-state index contributed by atoms with van der Waals surface area (Å²) in [6, 6.07) is 0. The van der Waals surface area contributed by atoms with Gasteiger partial charge in [0, 0.05) is 0 Å². The molecule has 0 heteroatoms. The van der Waals surface area contributed by atoms with Crippen molar-refractivity contribution < 1.29 is 0 Å². The maximum Gasteiger partial charge on any atom is -0.0102 e. The molecule has 1 atom stereocenters. The van der Waals surface area contributed by atoms with E-state index >= 15 is 0 Å². The first-order valence-electron chi connectivity index (χ1n) is 7.31. The molecular weight excluding hydrogens is 216 g/mol. The van der Waals surface area contributed by atoms with Crippen molar-refractivity contribution >= 4 is 0 Å². The Labute approximate surface area is 115 Å². The van der Waals surface area contributed by atoms with Crippen LogP contribution in [0.2, 0.25) is 0 Å². The smallest absolute Gasteiger partial charge is 0.0102 e. The molecule has 0 amide bonds. The van der Waals surface area contributed by atoms with Gasteiger partial charge in [-0.05, 0) is 40.6 Å². The van der Waals surface area contributed by atoms with Gasteiger partial charge in [0.1, 0.15) is 0 Å². The molecule has 0 aromatic carbocycles. The molecule has 0 bridgehead atoms. The van der Waals surface area contributed by atoms with Gasteiger partial charge in [0.15, 0.2) is 0 Å². The fraction of sp³-hybridized carbons (Fsp3) is 0.778. The average molecular weight is 248 g/mol. The minimum Gasteiger partial charge on any atom is -0.0803 e. The summed E-state index contributed by atoms with van der Waals surface area (Å²) >= 11 is 0. The monoisotopic (exact) mass is 248 g/mol. The van der Waals surface area contributed by atoms with Crippen molar-refractivity contribution in [2.75, 3.05) is 0 Å². The van der Waals surface area contributed by atoms with Crippen LogP contribution in [0.1, 0.15) is 68.2 Å². The van der Waals surface area contributed by atoms with Gasteiger partial charge in [0.2, 0.25) is 0 Å². The Balaban J connectivity index is 2.78. The van der Waals surface area contributed by atoms with Crippen LogP contribution in [0.4, 0.5) is 0 Å². The molecule has 1 aliphatic rings. The van der Waals surface area contributed by atoms with Crippen molar-refractivity contribution in [2.45, 2.75) is 68.2 Å². The lowest BCUT2D eigenvalue weighted by Gasteiger charge is -2.37. The summed E-state index contributed by atoms with van der Waals surface area (Å²) in [6.07, 6.45) is 9.71. The summed E-state index contributed by atoms with van der Waals surface area (Å²) in [5.41, 5.74) is 2.58. The van der Waals surface area contributed by atoms with Crippen LogP contribution in [-0.2, 0) is 0 Å². The fourth-order valence-corrected chi connectivity index (χ4v) is 3.19. The van der Waals surface area contributed by atoms with E-state index in [0.717, 1.165) is 0 Å². The molecule has 0 aromatic heterocycles. The minimum atomic E-state index is 0.289. The maximum atomic E-state index is 2.47. The fourth-order valence-electron chi connectivity index (χ4n) is 3.19. The Morgan fingerprint density at radius 1 is 1.00 bits per heavy atom. The molecule has 18 heavy (non-hydrogen) atoms. The first kappa shape index (κ1) is 15.5. The van der Waals surface area contributed by atoms with Gasteiger partial charge in [-0.15, -0.1) is 0 Å². The SMILES string of the molecule is CC(C)(C)CC(C)(C)C1=CCC(C(C)(C)C)C=C1. The van der Waals surface area contributed by atoms with Crippen molar-refractivity contribution in [3.8, 4) is 0 Å². The highest BCUT2D eigenvalue weighted by molar-refractivity contribution is 5.30. The lowest BCUT2D eigenvalue weighted by Crippen LogP contribution is -2.25. The van der Waals surface area contributed by atoms with E-state index in [-0.39, 0.29) is 5.41 Å². The molecule has 0 heterocycles. The number of hydrogen-bond acceptors (Lipinski definition) is 0. The molecule has 0 nitrogen and oxygen atoms in total. The largest absolute Gasteiger partial charge is 0.0803 e. The molecule has 0 saturated carbocycles.